The molecule has 0 spiro atoms. The maximum Gasteiger partial charge on any atom is 0.226 e. The van der Waals surface area contributed by atoms with E-state index in [-0.39, 0.29) is 23.4 Å². The van der Waals surface area contributed by atoms with Gasteiger partial charge in [-0.1, -0.05) is 43.8 Å². The van der Waals surface area contributed by atoms with Crippen molar-refractivity contribution in [2.75, 3.05) is 11.1 Å². The number of carbonyl (C=O) groups excluding carboxylic acids is 2. The van der Waals surface area contributed by atoms with Crippen LogP contribution in [0.3, 0.4) is 0 Å². The Kier molecular flexibility index (Phi) is 5.76. The number of amides is 1. The van der Waals surface area contributed by atoms with Crippen molar-refractivity contribution in [3.63, 3.8) is 0 Å². The Morgan fingerprint density at radius 3 is 2.61 bits per heavy atom. The van der Waals surface area contributed by atoms with Crippen molar-refractivity contribution in [2.24, 2.45) is 5.92 Å². The summed E-state index contributed by atoms with van der Waals surface area (Å²) in [6, 6.07) is 15.6. The summed E-state index contributed by atoms with van der Waals surface area (Å²) in [5.74, 6) is 0.989. The fourth-order valence-corrected chi connectivity index (χ4v) is 4.62. The molecule has 0 saturated heterocycles. The number of hydrogen-bond donors (Lipinski definition) is 2. The lowest BCUT2D eigenvalue weighted by molar-refractivity contribution is -0.118. The second-order valence-electron chi connectivity index (χ2n) is 8.59. The second kappa shape index (κ2) is 8.86. The van der Waals surface area contributed by atoms with Gasteiger partial charge in [0, 0.05) is 45.9 Å². The zero-order valence-electron chi connectivity index (χ0n) is 18.5. The summed E-state index contributed by atoms with van der Waals surface area (Å²) in [7, 11) is 0. The molecular formula is C25H25N5O2S. The van der Waals surface area contributed by atoms with Crippen LogP contribution in [0.2, 0.25) is 0 Å². The summed E-state index contributed by atoms with van der Waals surface area (Å²) in [5.41, 5.74) is 3.40. The summed E-state index contributed by atoms with van der Waals surface area (Å²) >= 11 is 1.42. The molecule has 1 aliphatic rings. The van der Waals surface area contributed by atoms with Crippen LogP contribution in [-0.2, 0) is 4.79 Å². The highest BCUT2D eigenvalue weighted by atomic mass is 32.2. The van der Waals surface area contributed by atoms with Gasteiger partial charge < -0.3 is 10.3 Å². The zero-order chi connectivity index (χ0) is 22.9. The predicted molar refractivity (Wildman–Crippen MR) is 131 cm³/mol. The Bertz CT molecular complexity index is 1320. The van der Waals surface area contributed by atoms with E-state index in [0.717, 1.165) is 40.3 Å². The number of aromatic amines is 1. The normalized spacial score (nSPS) is 13.5. The SMILES string of the molecule is CC(C)C(=O)Nc1ccc(C(=O)CSc2nnc(-c3c[nH]c4ccccc34)n2C2CC2)cc1. The Morgan fingerprint density at radius 2 is 1.88 bits per heavy atom. The number of ketones is 1. The quantitative estimate of drug-likeness (QED) is 0.274. The molecule has 33 heavy (non-hydrogen) atoms. The molecule has 1 saturated carbocycles. The molecule has 2 aromatic heterocycles. The molecule has 1 amide bonds. The van der Waals surface area contributed by atoms with Crippen LogP contribution in [0.5, 0.6) is 0 Å². The minimum atomic E-state index is -0.0966. The summed E-state index contributed by atoms with van der Waals surface area (Å²) in [6.45, 7) is 3.68. The van der Waals surface area contributed by atoms with Gasteiger partial charge in [0.05, 0.1) is 5.75 Å². The van der Waals surface area contributed by atoms with Gasteiger partial charge in [0.2, 0.25) is 5.91 Å². The molecule has 0 radical (unpaired) electrons. The first kappa shape index (κ1) is 21.5. The van der Waals surface area contributed by atoms with Gasteiger partial charge in [0.15, 0.2) is 16.8 Å². The molecule has 0 unspecified atom stereocenters. The first-order valence-corrected chi connectivity index (χ1v) is 12.1. The van der Waals surface area contributed by atoms with E-state index in [2.05, 4.69) is 31.1 Å². The predicted octanol–water partition coefficient (Wildman–Crippen LogP) is 5.33. The maximum absolute atomic E-state index is 12.8. The van der Waals surface area contributed by atoms with E-state index in [0.29, 0.717) is 17.3 Å². The van der Waals surface area contributed by atoms with Crippen molar-refractivity contribution < 1.29 is 9.59 Å². The average Bonchev–Trinajstić information content (AvgIpc) is 3.43. The minimum absolute atomic E-state index is 0.0146. The molecule has 2 heterocycles. The van der Waals surface area contributed by atoms with Gasteiger partial charge in [0.25, 0.3) is 0 Å². The molecule has 168 valence electrons. The Labute approximate surface area is 196 Å². The van der Waals surface area contributed by atoms with Crippen molar-refractivity contribution >= 4 is 40.0 Å². The number of fused-ring (bicyclic) bond motifs is 1. The third kappa shape index (κ3) is 4.43. The topological polar surface area (TPSA) is 92.7 Å². The Hall–Kier alpha value is -3.39. The van der Waals surface area contributed by atoms with Crippen molar-refractivity contribution in [1.82, 2.24) is 19.7 Å². The molecule has 0 aliphatic heterocycles. The molecular weight excluding hydrogens is 434 g/mol. The number of Topliss-reactive ketones (excluding diaryl/α,β-unsaturated/α-hetero) is 1. The van der Waals surface area contributed by atoms with Crippen LogP contribution in [0.4, 0.5) is 5.69 Å². The number of hydrogen-bond acceptors (Lipinski definition) is 5. The monoisotopic (exact) mass is 459 g/mol. The van der Waals surface area contributed by atoms with Crippen LogP contribution in [0.15, 0.2) is 59.9 Å². The standard InChI is InChI=1S/C25H25N5O2S/c1-15(2)24(32)27-17-9-7-16(8-10-17)22(31)14-33-25-29-28-23(30(25)18-11-12-18)20-13-26-21-6-4-3-5-19(20)21/h3-10,13,15,18,26H,11-12,14H2,1-2H3,(H,27,32). The number of carbonyl (C=O) groups is 2. The average molecular weight is 460 g/mol. The number of aromatic nitrogens is 4. The highest BCUT2D eigenvalue weighted by Gasteiger charge is 2.31. The number of nitrogens with one attached hydrogen (secondary N) is 2. The fraction of sp³-hybridized carbons (Fsp3) is 0.280. The molecule has 2 aromatic carbocycles. The first-order chi connectivity index (χ1) is 16.0. The van der Waals surface area contributed by atoms with Crippen LogP contribution >= 0.6 is 11.8 Å². The lowest BCUT2D eigenvalue weighted by atomic mass is 10.1. The van der Waals surface area contributed by atoms with Gasteiger partial charge in [-0.3, -0.25) is 14.2 Å². The van der Waals surface area contributed by atoms with Crippen LogP contribution in [0.25, 0.3) is 22.3 Å². The Balaban J connectivity index is 1.31. The van der Waals surface area contributed by atoms with E-state index in [9.17, 15) is 9.59 Å². The maximum atomic E-state index is 12.8. The molecule has 0 bridgehead atoms. The molecule has 1 aliphatic carbocycles. The van der Waals surface area contributed by atoms with Crippen LogP contribution in [-0.4, -0.2) is 37.2 Å². The number of rotatable bonds is 8. The minimum Gasteiger partial charge on any atom is -0.360 e. The third-order valence-electron chi connectivity index (χ3n) is 5.74. The van der Waals surface area contributed by atoms with Crippen LogP contribution in [0.1, 0.15) is 43.1 Å². The number of anilines is 1. The van der Waals surface area contributed by atoms with Gasteiger partial charge in [-0.2, -0.15) is 0 Å². The fourth-order valence-electron chi connectivity index (χ4n) is 3.72. The second-order valence-corrected chi connectivity index (χ2v) is 9.53. The molecule has 4 aromatic rings. The van der Waals surface area contributed by atoms with Gasteiger partial charge in [-0.15, -0.1) is 10.2 Å². The molecule has 2 N–H and O–H groups in total. The van der Waals surface area contributed by atoms with E-state index < -0.39 is 0 Å². The van der Waals surface area contributed by atoms with Crippen molar-refractivity contribution in [2.45, 2.75) is 37.9 Å². The lowest BCUT2D eigenvalue weighted by Gasteiger charge is -2.09. The van der Waals surface area contributed by atoms with Crippen LogP contribution < -0.4 is 5.32 Å². The van der Waals surface area contributed by atoms with Gasteiger partial charge >= 0.3 is 0 Å². The summed E-state index contributed by atoms with van der Waals surface area (Å²) < 4.78 is 2.18. The van der Waals surface area contributed by atoms with Gasteiger partial charge in [0.1, 0.15) is 0 Å². The largest absolute Gasteiger partial charge is 0.360 e. The highest BCUT2D eigenvalue weighted by Crippen LogP contribution is 2.42. The summed E-state index contributed by atoms with van der Waals surface area (Å²) in [5, 5.41) is 13.7. The number of para-hydroxylation sites is 1. The molecule has 8 heteroatoms. The van der Waals surface area contributed by atoms with Crippen LogP contribution in [0, 0.1) is 5.92 Å². The lowest BCUT2D eigenvalue weighted by Crippen LogP contribution is -2.17. The van der Waals surface area contributed by atoms with Gasteiger partial charge in [-0.05, 0) is 43.2 Å². The van der Waals surface area contributed by atoms with E-state index in [4.69, 9.17) is 0 Å². The number of benzene rings is 2. The number of nitrogens with zero attached hydrogens (tertiary/aromatic N) is 3. The van der Waals surface area contributed by atoms with E-state index in [1.807, 2.05) is 38.2 Å². The van der Waals surface area contributed by atoms with Crippen molar-refractivity contribution in [3.8, 4) is 11.4 Å². The number of H-pyrrole nitrogens is 1. The molecule has 1 fully saturated rings. The first-order valence-electron chi connectivity index (χ1n) is 11.1. The highest BCUT2D eigenvalue weighted by molar-refractivity contribution is 7.99. The summed E-state index contributed by atoms with van der Waals surface area (Å²) in [4.78, 5) is 27.9. The smallest absolute Gasteiger partial charge is 0.226 e. The number of thioether (sulfide) groups is 1. The zero-order valence-corrected chi connectivity index (χ0v) is 19.4. The molecule has 7 nitrogen and oxygen atoms in total. The third-order valence-corrected chi connectivity index (χ3v) is 6.68. The summed E-state index contributed by atoms with van der Waals surface area (Å²) in [6.07, 6.45) is 4.17. The van der Waals surface area contributed by atoms with Crippen molar-refractivity contribution in [1.29, 1.82) is 0 Å². The van der Waals surface area contributed by atoms with E-state index >= 15 is 0 Å². The van der Waals surface area contributed by atoms with Gasteiger partial charge in [-0.25, -0.2) is 0 Å². The molecule has 5 rings (SSSR count). The van der Waals surface area contributed by atoms with Crippen molar-refractivity contribution in [3.05, 3.63) is 60.3 Å². The molecule has 0 atom stereocenters. The Morgan fingerprint density at radius 1 is 1.12 bits per heavy atom. The van der Waals surface area contributed by atoms with E-state index in [1.54, 1.807) is 24.3 Å². The van der Waals surface area contributed by atoms with E-state index in [1.165, 1.54) is 11.8 Å².